The van der Waals surface area contributed by atoms with E-state index in [1.54, 1.807) is 7.11 Å². The van der Waals surface area contributed by atoms with Gasteiger partial charge < -0.3 is 9.47 Å². The van der Waals surface area contributed by atoms with Crippen molar-refractivity contribution in [3.8, 4) is 0 Å². The van der Waals surface area contributed by atoms with Crippen LogP contribution in [-0.4, -0.2) is 41.9 Å². The van der Waals surface area contributed by atoms with Crippen LogP contribution in [0.15, 0.2) is 21.5 Å². The average molecular weight is 421 g/mol. The zero-order valence-electron chi connectivity index (χ0n) is 11.4. The van der Waals surface area contributed by atoms with E-state index in [0.29, 0.717) is 30.7 Å². The number of nitrogens with one attached hydrogen (secondary N) is 1. The first-order valence-corrected chi connectivity index (χ1v) is 9.12. The summed E-state index contributed by atoms with van der Waals surface area (Å²) in [5.41, 5.74) is 0. The molecule has 0 aromatic heterocycles. The topological polar surface area (TPSA) is 64.6 Å². The smallest absolute Gasteiger partial charge is 0.243 e. The molecule has 0 fully saturated rings. The lowest BCUT2D eigenvalue weighted by Crippen LogP contribution is -2.26. The Morgan fingerprint density at radius 3 is 2.38 bits per heavy atom. The van der Waals surface area contributed by atoms with Gasteiger partial charge in [-0.2, -0.15) is 0 Å². The number of rotatable bonds is 9. The van der Waals surface area contributed by atoms with Crippen molar-refractivity contribution in [2.24, 2.45) is 0 Å². The average Bonchev–Trinajstić information content (AvgIpc) is 2.35. The zero-order valence-corrected chi connectivity index (χ0v) is 15.3. The predicted molar refractivity (Wildman–Crippen MR) is 86.7 cm³/mol. The molecule has 0 aliphatic rings. The minimum absolute atomic E-state index is 0.0678. The fourth-order valence-electron chi connectivity index (χ4n) is 1.48. The molecule has 0 radical (unpaired) electrons. The molecule has 0 heterocycles. The predicted octanol–water partition coefficient (Wildman–Crippen LogP) is 3.09. The van der Waals surface area contributed by atoms with Crippen molar-refractivity contribution in [3.05, 3.63) is 26.7 Å². The number of ether oxygens (including phenoxy) is 2. The van der Waals surface area contributed by atoms with Crippen molar-refractivity contribution in [1.82, 2.24) is 4.72 Å². The molecule has 21 heavy (non-hydrogen) atoms. The van der Waals surface area contributed by atoms with E-state index >= 15 is 0 Å². The molecule has 0 aliphatic carbocycles. The molecule has 1 aromatic carbocycles. The minimum Gasteiger partial charge on any atom is -0.382 e. The monoisotopic (exact) mass is 419 g/mol. The van der Waals surface area contributed by atoms with Crippen molar-refractivity contribution in [2.45, 2.75) is 11.3 Å². The molecule has 1 rings (SSSR count). The van der Waals surface area contributed by atoms with E-state index in [0.717, 1.165) is 0 Å². The van der Waals surface area contributed by atoms with E-state index in [9.17, 15) is 8.42 Å². The van der Waals surface area contributed by atoms with E-state index in [2.05, 4.69) is 20.7 Å². The van der Waals surface area contributed by atoms with Crippen molar-refractivity contribution in [3.63, 3.8) is 0 Å². The van der Waals surface area contributed by atoms with Gasteiger partial charge in [-0.1, -0.05) is 39.1 Å². The van der Waals surface area contributed by atoms with E-state index in [1.165, 1.54) is 12.1 Å². The second-order valence-electron chi connectivity index (χ2n) is 4.06. The molecule has 0 bridgehead atoms. The summed E-state index contributed by atoms with van der Waals surface area (Å²) in [5, 5.41) is 0.136. The summed E-state index contributed by atoms with van der Waals surface area (Å²) >= 11 is 15.1. The minimum atomic E-state index is -3.75. The van der Waals surface area contributed by atoms with Crippen LogP contribution in [0.1, 0.15) is 6.42 Å². The maximum Gasteiger partial charge on any atom is 0.243 e. The van der Waals surface area contributed by atoms with Crippen LogP contribution in [0.3, 0.4) is 0 Å². The van der Waals surface area contributed by atoms with Gasteiger partial charge in [0.25, 0.3) is 0 Å². The molecule has 0 saturated carbocycles. The van der Waals surface area contributed by atoms with Gasteiger partial charge >= 0.3 is 0 Å². The highest BCUT2D eigenvalue weighted by Crippen LogP contribution is 2.32. The zero-order chi connectivity index (χ0) is 15.9. The third kappa shape index (κ3) is 6.40. The molecule has 5 nitrogen and oxygen atoms in total. The lowest BCUT2D eigenvalue weighted by atomic mass is 10.4. The van der Waals surface area contributed by atoms with Crippen molar-refractivity contribution >= 4 is 49.2 Å². The van der Waals surface area contributed by atoms with Crippen LogP contribution in [0, 0.1) is 0 Å². The normalized spacial score (nSPS) is 11.8. The third-order valence-electron chi connectivity index (χ3n) is 2.42. The van der Waals surface area contributed by atoms with Gasteiger partial charge in [0.1, 0.15) is 4.90 Å². The van der Waals surface area contributed by atoms with Gasteiger partial charge in [0.05, 0.1) is 23.3 Å². The van der Waals surface area contributed by atoms with E-state index in [1.807, 2.05) is 0 Å². The Labute approximate surface area is 143 Å². The molecule has 120 valence electrons. The Morgan fingerprint density at radius 2 is 1.81 bits per heavy atom. The summed E-state index contributed by atoms with van der Waals surface area (Å²) in [7, 11) is -2.16. The Hall–Kier alpha value is 0.110. The van der Waals surface area contributed by atoms with E-state index < -0.39 is 10.0 Å². The first kappa shape index (κ1) is 19.2. The Kier molecular flexibility index (Phi) is 8.48. The SMILES string of the molecule is COCCOCCCNS(=O)(=O)c1c(Cl)cc(Br)cc1Cl. The highest BCUT2D eigenvalue weighted by Gasteiger charge is 2.21. The lowest BCUT2D eigenvalue weighted by molar-refractivity contribution is 0.0699. The number of methoxy groups -OCH3 is 1. The second kappa shape index (κ2) is 9.29. The van der Waals surface area contributed by atoms with Gasteiger partial charge in [-0.15, -0.1) is 0 Å². The highest BCUT2D eigenvalue weighted by molar-refractivity contribution is 9.10. The molecule has 0 saturated heterocycles. The molecular formula is C12H16BrCl2NO4S. The van der Waals surface area contributed by atoms with Crippen LogP contribution in [0.2, 0.25) is 10.0 Å². The number of benzene rings is 1. The second-order valence-corrected chi connectivity index (χ2v) is 7.49. The summed E-state index contributed by atoms with van der Waals surface area (Å²) in [6.45, 7) is 1.66. The molecule has 0 unspecified atom stereocenters. The summed E-state index contributed by atoms with van der Waals surface area (Å²) in [6, 6.07) is 2.96. The maximum absolute atomic E-state index is 12.2. The van der Waals surface area contributed by atoms with Gasteiger partial charge in [-0.05, 0) is 18.6 Å². The molecule has 0 aliphatic heterocycles. The van der Waals surface area contributed by atoms with Crippen molar-refractivity contribution in [2.75, 3.05) is 33.5 Å². The van der Waals surface area contributed by atoms with Gasteiger partial charge in [-0.25, -0.2) is 13.1 Å². The molecule has 9 heteroatoms. The van der Waals surface area contributed by atoms with E-state index in [4.69, 9.17) is 32.7 Å². The first-order chi connectivity index (χ1) is 9.88. The standard InChI is InChI=1S/C12H16BrCl2NO4S/c1-19-5-6-20-4-2-3-16-21(17,18)12-10(14)7-9(13)8-11(12)15/h7-8,16H,2-6H2,1H3. The number of halogens is 3. The van der Waals surface area contributed by atoms with Crippen LogP contribution < -0.4 is 4.72 Å². The summed E-state index contributed by atoms with van der Waals surface area (Å²) in [6.07, 6.45) is 0.536. The lowest BCUT2D eigenvalue weighted by Gasteiger charge is -2.10. The summed E-state index contributed by atoms with van der Waals surface area (Å²) in [5.74, 6) is 0. The van der Waals surface area contributed by atoms with Gasteiger partial charge in [0.15, 0.2) is 0 Å². The molecule has 0 spiro atoms. The fourth-order valence-corrected chi connectivity index (χ4v) is 4.49. The quantitative estimate of drug-likeness (QED) is 0.623. The van der Waals surface area contributed by atoms with Crippen LogP contribution in [-0.2, 0) is 19.5 Å². The Bertz CT molecular complexity index is 545. The fraction of sp³-hybridized carbons (Fsp3) is 0.500. The van der Waals surface area contributed by atoms with Crippen LogP contribution >= 0.6 is 39.1 Å². The van der Waals surface area contributed by atoms with Crippen LogP contribution in [0.25, 0.3) is 0 Å². The molecular weight excluding hydrogens is 405 g/mol. The van der Waals surface area contributed by atoms with Crippen LogP contribution in [0.5, 0.6) is 0 Å². The number of hydrogen-bond acceptors (Lipinski definition) is 4. The Balaban J connectivity index is 2.55. The number of hydrogen-bond donors (Lipinski definition) is 1. The third-order valence-corrected chi connectivity index (χ3v) is 5.26. The van der Waals surface area contributed by atoms with Gasteiger partial charge in [-0.3, -0.25) is 0 Å². The molecule has 1 aromatic rings. The van der Waals surface area contributed by atoms with Gasteiger partial charge in [0.2, 0.25) is 10.0 Å². The van der Waals surface area contributed by atoms with E-state index in [-0.39, 0.29) is 21.5 Å². The summed E-state index contributed by atoms with van der Waals surface area (Å²) in [4.78, 5) is -0.116. The number of sulfonamides is 1. The van der Waals surface area contributed by atoms with Crippen molar-refractivity contribution in [1.29, 1.82) is 0 Å². The van der Waals surface area contributed by atoms with Crippen molar-refractivity contribution < 1.29 is 17.9 Å². The molecule has 1 N–H and O–H groups in total. The largest absolute Gasteiger partial charge is 0.382 e. The van der Waals surface area contributed by atoms with Crippen LogP contribution in [0.4, 0.5) is 0 Å². The molecule has 0 amide bonds. The highest BCUT2D eigenvalue weighted by atomic mass is 79.9. The summed E-state index contributed by atoms with van der Waals surface area (Å²) < 4.78 is 37.5. The first-order valence-electron chi connectivity index (χ1n) is 6.09. The Morgan fingerprint density at radius 1 is 1.19 bits per heavy atom. The molecule has 0 atom stereocenters. The van der Waals surface area contributed by atoms with Gasteiger partial charge in [0, 0.05) is 24.7 Å². The maximum atomic E-state index is 12.2.